The van der Waals surface area contributed by atoms with Crippen LogP contribution in [0.3, 0.4) is 0 Å². The number of sulfone groups is 1. The summed E-state index contributed by atoms with van der Waals surface area (Å²) in [7, 11) is -1.45. The number of nitrogens with one attached hydrogen (secondary N) is 1. The monoisotopic (exact) mass is 428 g/mol. The zero-order chi connectivity index (χ0) is 21.6. The topological polar surface area (TPSA) is 98.5 Å². The Bertz CT molecular complexity index is 1090. The lowest BCUT2D eigenvalue weighted by Crippen LogP contribution is -2.23. The highest BCUT2D eigenvalue weighted by atomic mass is 32.2. The number of aryl methyl sites for hydroxylation is 1. The fourth-order valence-corrected chi connectivity index (χ4v) is 3.68. The van der Waals surface area contributed by atoms with Gasteiger partial charge in [-0.3, -0.25) is 4.79 Å². The van der Waals surface area contributed by atoms with Crippen molar-refractivity contribution in [1.82, 2.24) is 10.3 Å². The average molecular weight is 429 g/mol. The number of carbonyl (C=O) groups is 1. The Kier molecular flexibility index (Phi) is 6.89. The van der Waals surface area contributed by atoms with E-state index >= 15 is 0 Å². The summed E-state index contributed by atoms with van der Waals surface area (Å²) in [6, 6.07) is 14.6. The molecule has 158 valence electrons. The number of nitrogens with zero attached hydrogens (tertiary/aromatic N) is 1. The first-order valence-corrected chi connectivity index (χ1v) is 11.5. The molecule has 0 fully saturated rings. The highest BCUT2D eigenvalue weighted by Gasteiger charge is 2.10. The van der Waals surface area contributed by atoms with Crippen molar-refractivity contribution in [3.63, 3.8) is 0 Å². The molecule has 8 heteroatoms. The average Bonchev–Trinajstić information content (AvgIpc) is 3.20. The third-order valence-electron chi connectivity index (χ3n) is 4.44. The fourth-order valence-electron chi connectivity index (χ4n) is 2.88. The second-order valence-corrected chi connectivity index (χ2v) is 9.15. The lowest BCUT2D eigenvalue weighted by atomic mass is 10.1. The van der Waals surface area contributed by atoms with E-state index in [-0.39, 0.29) is 18.1 Å². The van der Waals surface area contributed by atoms with Gasteiger partial charge in [0.15, 0.2) is 21.5 Å². The maximum Gasteiger partial charge on any atom is 0.220 e. The van der Waals surface area contributed by atoms with E-state index in [0.29, 0.717) is 24.6 Å². The molecule has 7 nitrogen and oxygen atoms in total. The molecule has 0 radical (unpaired) electrons. The summed E-state index contributed by atoms with van der Waals surface area (Å²) >= 11 is 0. The number of amides is 1. The smallest absolute Gasteiger partial charge is 0.220 e. The Hall–Kier alpha value is -3.13. The second-order valence-electron chi connectivity index (χ2n) is 7.01. The minimum Gasteiger partial charge on any atom is -0.497 e. The Morgan fingerprint density at radius 3 is 2.37 bits per heavy atom. The quantitative estimate of drug-likeness (QED) is 0.562. The third kappa shape index (κ3) is 6.45. The molecular formula is C22H24N2O5S. The van der Waals surface area contributed by atoms with E-state index < -0.39 is 9.84 Å². The van der Waals surface area contributed by atoms with Crippen molar-refractivity contribution in [2.45, 2.75) is 25.1 Å². The van der Waals surface area contributed by atoms with Crippen LogP contribution in [0.5, 0.6) is 5.75 Å². The first-order chi connectivity index (χ1) is 14.3. The number of aromatic nitrogens is 1. The second kappa shape index (κ2) is 9.58. The van der Waals surface area contributed by atoms with E-state index in [4.69, 9.17) is 9.15 Å². The maximum atomic E-state index is 12.1. The van der Waals surface area contributed by atoms with Gasteiger partial charge in [-0.2, -0.15) is 0 Å². The van der Waals surface area contributed by atoms with Crippen LogP contribution in [0, 0.1) is 0 Å². The first kappa shape index (κ1) is 21.6. The van der Waals surface area contributed by atoms with Crippen molar-refractivity contribution in [2.75, 3.05) is 13.4 Å². The molecule has 0 saturated carbocycles. The highest BCUT2D eigenvalue weighted by Crippen LogP contribution is 2.23. The minimum absolute atomic E-state index is 0.00823. The largest absolute Gasteiger partial charge is 0.497 e. The van der Waals surface area contributed by atoms with Crippen molar-refractivity contribution in [3.8, 4) is 17.1 Å². The van der Waals surface area contributed by atoms with Crippen molar-refractivity contribution in [3.05, 3.63) is 71.7 Å². The van der Waals surface area contributed by atoms with E-state index in [9.17, 15) is 13.2 Å². The summed E-state index contributed by atoms with van der Waals surface area (Å²) in [4.78, 5) is 16.4. The summed E-state index contributed by atoms with van der Waals surface area (Å²) < 4.78 is 33.5. The molecule has 0 atom stereocenters. The molecule has 0 bridgehead atoms. The Morgan fingerprint density at radius 2 is 1.73 bits per heavy atom. The molecule has 0 unspecified atom stereocenters. The molecule has 1 amide bonds. The van der Waals surface area contributed by atoms with E-state index in [2.05, 4.69) is 10.3 Å². The number of carbonyl (C=O) groups excluding carboxylic acids is 1. The fraction of sp³-hybridized carbons (Fsp3) is 0.273. The van der Waals surface area contributed by atoms with Gasteiger partial charge in [-0.15, -0.1) is 0 Å². The van der Waals surface area contributed by atoms with Crippen LogP contribution in [0.1, 0.15) is 23.4 Å². The van der Waals surface area contributed by atoms with Crippen molar-refractivity contribution in [1.29, 1.82) is 0 Å². The molecule has 1 N–H and O–H groups in total. The molecule has 3 rings (SSSR count). The van der Waals surface area contributed by atoms with Crippen LogP contribution in [-0.2, 0) is 33.4 Å². The van der Waals surface area contributed by atoms with Crippen LogP contribution in [0.2, 0.25) is 0 Å². The molecule has 1 heterocycles. The van der Waals surface area contributed by atoms with E-state index in [1.807, 2.05) is 36.4 Å². The molecule has 3 aromatic rings. The normalized spacial score (nSPS) is 11.3. The number of rotatable bonds is 9. The number of benzene rings is 2. The van der Waals surface area contributed by atoms with Gasteiger partial charge in [0, 0.05) is 31.2 Å². The zero-order valence-corrected chi connectivity index (χ0v) is 17.7. The van der Waals surface area contributed by atoms with Gasteiger partial charge in [0.25, 0.3) is 0 Å². The summed E-state index contributed by atoms with van der Waals surface area (Å²) in [5.74, 6) is 1.80. The van der Waals surface area contributed by atoms with Gasteiger partial charge in [-0.25, -0.2) is 13.4 Å². The minimum atomic E-state index is -3.06. The van der Waals surface area contributed by atoms with E-state index in [1.54, 1.807) is 25.4 Å². The van der Waals surface area contributed by atoms with Gasteiger partial charge in [-0.1, -0.05) is 24.3 Å². The number of oxazole rings is 1. The van der Waals surface area contributed by atoms with Gasteiger partial charge in [-0.05, 0) is 35.4 Å². The predicted octanol–water partition coefficient (Wildman–Crippen LogP) is 3.14. The van der Waals surface area contributed by atoms with Crippen LogP contribution in [0.4, 0.5) is 0 Å². The summed E-state index contributed by atoms with van der Waals surface area (Å²) in [5, 5.41) is 2.85. The Morgan fingerprint density at radius 1 is 1.07 bits per heavy atom. The van der Waals surface area contributed by atoms with Gasteiger partial charge in [0.1, 0.15) is 5.75 Å². The van der Waals surface area contributed by atoms with Gasteiger partial charge >= 0.3 is 0 Å². The maximum absolute atomic E-state index is 12.1. The van der Waals surface area contributed by atoms with E-state index in [0.717, 1.165) is 22.4 Å². The molecule has 0 aliphatic heterocycles. The molecule has 2 aromatic carbocycles. The van der Waals surface area contributed by atoms with Crippen LogP contribution < -0.4 is 10.1 Å². The lowest BCUT2D eigenvalue weighted by molar-refractivity contribution is -0.121. The summed E-state index contributed by atoms with van der Waals surface area (Å²) in [6.45, 7) is 0.376. The summed E-state index contributed by atoms with van der Waals surface area (Å²) in [5.41, 5.74) is 2.51. The number of methoxy groups -OCH3 is 1. The number of hydrogen-bond acceptors (Lipinski definition) is 6. The predicted molar refractivity (Wildman–Crippen MR) is 114 cm³/mol. The zero-order valence-electron chi connectivity index (χ0n) is 16.9. The van der Waals surface area contributed by atoms with Crippen LogP contribution in [0.25, 0.3) is 11.3 Å². The molecule has 0 aliphatic rings. The molecular weight excluding hydrogens is 404 g/mol. The first-order valence-electron chi connectivity index (χ1n) is 9.44. The Labute approximate surface area is 176 Å². The molecule has 0 spiro atoms. The molecule has 0 aliphatic carbocycles. The van der Waals surface area contributed by atoms with Crippen molar-refractivity contribution < 1.29 is 22.4 Å². The van der Waals surface area contributed by atoms with Crippen LogP contribution >= 0.6 is 0 Å². The van der Waals surface area contributed by atoms with E-state index in [1.165, 1.54) is 6.26 Å². The highest BCUT2D eigenvalue weighted by molar-refractivity contribution is 7.89. The third-order valence-corrected chi connectivity index (χ3v) is 5.29. The van der Waals surface area contributed by atoms with Crippen LogP contribution in [-0.4, -0.2) is 32.7 Å². The van der Waals surface area contributed by atoms with Crippen molar-refractivity contribution in [2.24, 2.45) is 0 Å². The van der Waals surface area contributed by atoms with Crippen LogP contribution in [0.15, 0.2) is 59.1 Å². The van der Waals surface area contributed by atoms with Gasteiger partial charge in [0.05, 0.1) is 19.1 Å². The van der Waals surface area contributed by atoms with Gasteiger partial charge < -0.3 is 14.5 Å². The molecule has 1 aromatic heterocycles. The Balaban J connectivity index is 1.46. The van der Waals surface area contributed by atoms with Crippen molar-refractivity contribution >= 4 is 15.7 Å². The summed E-state index contributed by atoms with van der Waals surface area (Å²) in [6.07, 6.45) is 3.51. The number of ether oxygens (including phenoxy) is 1. The lowest BCUT2D eigenvalue weighted by Gasteiger charge is -2.06. The standard InChI is InChI=1S/C22H24N2O5S/c1-28-19-9-7-18(8-10-19)20-14-24-22(29-20)12-11-21(25)23-13-16-3-5-17(6-4-16)15-30(2,26)27/h3-10,14H,11-13,15H2,1-2H3,(H,23,25). The molecule has 30 heavy (non-hydrogen) atoms. The van der Waals surface area contributed by atoms with Gasteiger partial charge in [0.2, 0.25) is 5.91 Å². The number of hydrogen-bond donors (Lipinski definition) is 1. The SMILES string of the molecule is COc1ccc(-c2cnc(CCC(=O)NCc3ccc(CS(C)(=O)=O)cc3)o2)cc1. The molecule has 0 saturated heterocycles.